The van der Waals surface area contributed by atoms with E-state index < -0.39 is 0 Å². The second-order valence-electron chi connectivity index (χ2n) is 4.43. The topological polar surface area (TPSA) is 86.3 Å². The van der Waals surface area contributed by atoms with Crippen LogP contribution >= 0.6 is 11.8 Å². The van der Waals surface area contributed by atoms with Crippen LogP contribution in [0.4, 0.5) is 5.88 Å². The van der Waals surface area contributed by atoms with Crippen LogP contribution in [-0.4, -0.2) is 16.8 Å². The molecule has 1 aromatic heterocycles. The maximum Gasteiger partial charge on any atom is 0.237 e. The van der Waals surface area contributed by atoms with Crippen LogP contribution in [0.1, 0.15) is 16.9 Å². The molecule has 0 aliphatic carbocycles. The molecule has 21 heavy (non-hydrogen) atoms. The summed E-state index contributed by atoms with van der Waals surface area (Å²) < 4.78 is 5.38. The Bertz CT molecular complexity index is 699. The third kappa shape index (κ3) is 3.58. The lowest BCUT2D eigenvalue weighted by Crippen LogP contribution is -2.14. The van der Waals surface area contributed by atoms with Crippen molar-refractivity contribution in [3.63, 3.8) is 0 Å². The summed E-state index contributed by atoms with van der Waals surface area (Å²) in [5.74, 6) is 0.938. The Labute approximate surface area is 126 Å². The molecule has 0 unspecified atom stereocenters. The van der Waals surface area contributed by atoms with Gasteiger partial charge >= 0.3 is 0 Å². The van der Waals surface area contributed by atoms with Gasteiger partial charge in [0.1, 0.15) is 23.1 Å². The number of nitrogens with zero attached hydrogens (tertiary/aromatic N) is 1. The highest BCUT2D eigenvalue weighted by atomic mass is 32.2. The van der Waals surface area contributed by atoms with E-state index in [2.05, 4.69) is 5.32 Å². The Hall–Kier alpha value is -2.39. The van der Waals surface area contributed by atoms with Crippen molar-refractivity contribution in [3.05, 3.63) is 41.2 Å². The highest BCUT2D eigenvalue weighted by Gasteiger charge is 2.16. The molecule has 0 saturated heterocycles. The zero-order chi connectivity index (χ0) is 15.4. The number of carbonyl (C=O) groups excluding carboxylic acids is 1. The van der Waals surface area contributed by atoms with E-state index in [0.29, 0.717) is 11.3 Å². The standard InChI is InChI=1S/C15H14N2O3S/c1-9-10(2)20-15(13(9)7-16)17-14(19)8-21-12-5-3-11(18)4-6-12/h3-6,18H,8H2,1-2H3,(H,17,19). The van der Waals surface area contributed by atoms with E-state index in [1.54, 1.807) is 38.1 Å². The van der Waals surface area contributed by atoms with Crippen molar-refractivity contribution < 1.29 is 14.3 Å². The van der Waals surface area contributed by atoms with Crippen molar-refractivity contribution in [1.29, 1.82) is 5.26 Å². The van der Waals surface area contributed by atoms with Crippen molar-refractivity contribution in [1.82, 2.24) is 0 Å². The van der Waals surface area contributed by atoms with E-state index in [4.69, 9.17) is 9.68 Å². The van der Waals surface area contributed by atoms with Gasteiger partial charge in [0.2, 0.25) is 11.8 Å². The number of aryl methyl sites for hydroxylation is 1. The number of amides is 1. The molecule has 0 atom stereocenters. The number of hydrogen-bond donors (Lipinski definition) is 2. The normalized spacial score (nSPS) is 10.1. The van der Waals surface area contributed by atoms with Gasteiger partial charge in [0.25, 0.3) is 0 Å². The number of thioether (sulfide) groups is 1. The molecule has 0 saturated carbocycles. The molecule has 0 bridgehead atoms. The first-order valence-corrected chi connectivity index (χ1v) is 7.21. The zero-order valence-corrected chi connectivity index (χ0v) is 12.5. The average molecular weight is 302 g/mol. The summed E-state index contributed by atoms with van der Waals surface area (Å²) in [5.41, 5.74) is 1.09. The Balaban J connectivity index is 1.98. The number of benzene rings is 1. The van der Waals surface area contributed by atoms with Gasteiger partial charge in [-0.15, -0.1) is 11.8 Å². The zero-order valence-electron chi connectivity index (χ0n) is 11.6. The number of hydrogen-bond acceptors (Lipinski definition) is 5. The minimum atomic E-state index is -0.252. The lowest BCUT2D eigenvalue weighted by atomic mass is 10.2. The lowest BCUT2D eigenvalue weighted by molar-refractivity contribution is -0.113. The van der Waals surface area contributed by atoms with Crippen LogP contribution in [0, 0.1) is 25.2 Å². The fourth-order valence-corrected chi connectivity index (χ4v) is 2.40. The summed E-state index contributed by atoms with van der Waals surface area (Å²) in [7, 11) is 0. The van der Waals surface area contributed by atoms with Crippen LogP contribution in [-0.2, 0) is 4.79 Å². The van der Waals surface area contributed by atoms with E-state index in [0.717, 1.165) is 10.5 Å². The Morgan fingerprint density at radius 3 is 2.67 bits per heavy atom. The van der Waals surface area contributed by atoms with Crippen LogP contribution in [0.25, 0.3) is 0 Å². The van der Waals surface area contributed by atoms with Crippen LogP contribution in [0.5, 0.6) is 5.75 Å². The summed E-state index contributed by atoms with van der Waals surface area (Å²) in [4.78, 5) is 12.8. The summed E-state index contributed by atoms with van der Waals surface area (Å²) in [6.45, 7) is 3.52. The molecule has 2 rings (SSSR count). The minimum Gasteiger partial charge on any atom is -0.508 e. The third-order valence-electron chi connectivity index (χ3n) is 2.96. The van der Waals surface area contributed by atoms with E-state index in [1.165, 1.54) is 11.8 Å². The molecule has 0 spiro atoms. The van der Waals surface area contributed by atoms with Crippen LogP contribution < -0.4 is 5.32 Å². The lowest BCUT2D eigenvalue weighted by Gasteiger charge is -2.03. The second-order valence-corrected chi connectivity index (χ2v) is 5.48. The van der Waals surface area contributed by atoms with E-state index >= 15 is 0 Å². The maximum atomic E-state index is 11.9. The molecule has 2 N–H and O–H groups in total. The smallest absolute Gasteiger partial charge is 0.237 e. The first kappa shape index (κ1) is 15.0. The molecular weight excluding hydrogens is 288 g/mol. The number of furan rings is 1. The average Bonchev–Trinajstić information content (AvgIpc) is 2.72. The number of anilines is 1. The molecule has 108 valence electrons. The fraction of sp³-hybridized carbons (Fsp3) is 0.200. The van der Waals surface area contributed by atoms with Crippen LogP contribution in [0.2, 0.25) is 0 Å². The monoisotopic (exact) mass is 302 g/mol. The summed E-state index contributed by atoms with van der Waals surface area (Å²) in [5, 5.41) is 20.9. The quantitative estimate of drug-likeness (QED) is 0.847. The predicted octanol–water partition coefficient (Wildman–Crippen LogP) is 3.20. The van der Waals surface area contributed by atoms with Gasteiger partial charge in [0.05, 0.1) is 5.75 Å². The van der Waals surface area contributed by atoms with Gasteiger partial charge in [0.15, 0.2) is 0 Å². The van der Waals surface area contributed by atoms with E-state index in [9.17, 15) is 9.90 Å². The van der Waals surface area contributed by atoms with Gasteiger partial charge in [-0.25, -0.2) is 0 Å². The van der Waals surface area contributed by atoms with Crippen molar-refractivity contribution >= 4 is 23.6 Å². The maximum absolute atomic E-state index is 11.9. The SMILES string of the molecule is Cc1oc(NC(=O)CSc2ccc(O)cc2)c(C#N)c1C. The van der Waals surface area contributed by atoms with Crippen LogP contribution in [0.3, 0.4) is 0 Å². The first-order chi connectivity index (χ1) is 10.0. The summed E-state index contributed by atoms with van der Waals surface area (Å²) in [6.07, 6.45) is 0. The van der Waals surface area contributed by atoms with Crippen molar-refractivity contribution in [2.75, 3.05) is 11.1 Å². The largest absolute Gasteiger partial charge is 0.508 e. The van der Waals surface area contributed by atoms with Gasteiger partial charge < -0.3 is 9.52 Å². The molecule has 0 fully saturated rings. The summed E-state index contributed by atoms with van der Waals surface area (Å²) in [6, 6.07) is 8.62. The van der Waals surface area contributed by atoms with Crippen molar-refractivity contribution in [2.45, 2.75) is 18.7 Å². The third-order valence-corrected chi connectivity index (χ3v) is 3.97. The van der Waals surface area contributed by atoms with E-state index in [1.807, 2.05) is 6.07 Å². The number of nitriles is 1. The van der Waals surface area contributed by atoms with Gasteiger partial charge in [-0.3, -0.25) is 10.1 Å². The highest BCUT2D eigenvalue weighted by molar-refractivity contribution is 8.00. The fourth-order valence-electron chi connectivity index (χ4n) is 1.70. The Morgan fingerprint density at radius 1 is 1.38 bits per heavy atom. The van der Waals surface area contributed by atoms with E-state index in [-0.39, 0.29) is 23.3 Å². The number of phenols is 1. The number of nitrogens with one attached hydrogen (secondary N) is 1. The predicted molar refractivity (Wildman–Crippen MR) is 80.4 cm³/mol. The molecule has 1 aromatic carbocycles. The van der Waals surface area contributed by atoms with Crippen molar-refractivity contribution in [2.24, 2.45) is 0 Å². The first-order valence-electron chi connectivity index (χ1n) is 6.23. The molecule has 5 nitrogen and oxygen atoms in total. The van der Waals surface area contributed by atoms with Gasteiger partial charge in [-0.05, 0) is 38.1 Å². The highest BCUT2D eigenvalue weighted by Crippen LogP contribution is 2.26. The van der Waals surface area contributed by atoms with Gasteiger partial charge in [0, 0.05) is 10.5 Å². The number of carbonyl (C=O) groups is 1. The molecule has 0 aliphatic heterocycles. The molecule has 6 heteroatoms. The van der Waals surface area contributed by atoms with Gasteiger partial charge in [-0.2, -0.15) is 5.26 Å². The molecule has 1 heterocycles. The summed E-state index contributed by atoms with van der Waals surface area (Å²) >= 11 is 1.33. The van der Waals surface area contributed by atoms with Crippen LogP contribution in [0.15, 0.2) is 33.6 Å². The Kier molecular flexibility index (Phi) is 4.55. The number of rotatable bonds is 4. The molecule has 1 amide bonds. The minimum absolute atomic E-state index is 0.184. The molecular formula is C15H14N2O3S. The van der Waals surface area contributed by atoms with Gasteiger partial charge in [-0.1, -0.05) is 0 Å². The molecule has 0 aliphatic rings. The molecule has 0 radical (unpaired) electrons. The number of phenolic OH excluding ortho intramolecular Hbond substituents is 1. The Morgan fingerprint density at radius 2 is 2.05 bits per heavy atom. The molecule has 2 aromatic rings. The number of aromatic hydroxyl groups is 1. The second kappa shape index (κ2) is 6.37. The van der Waals surface area contributed by atoms with Crippen molar-refractivity contribution in [3.8, 4) is 11.8 Å².